The van der Waals surface area contributed by atoms with E-state index in [0.29, 0.717) is 16.5 Å². The van der Waals surface area contributed by atoms with E-state index < -0.39 is 5.91 Å². The van der Waals surface area contributed by atoms with E-state index in [2.05, 4.69) is 16.5 Å². The zero-order chi connectivity index (χ0) is 12.4. The number of hydrogen-bond acceptors (Lipinski definition) is 4. The molecular formula is C11H9N3O3. The normalized spacial score (nSPS) is 10.2. The Hall–Kier alpha value is -2.47. The number of carbonyl (C=O) groups is 1. The standard InChI is InChI=1S/C11H9N3O3/c1-6(10(15)14-17)7-2-3-9-8(4-7)11(16)13-5-12-9/h2-5,17H,1H2,(H,14,15)(H,12,13,16). The van der Waals surface area contributed by atoms with Crippen molar-refractivity contribution in [2.45, 2.75) is 0 Å². The van der Waals surface area contributed by atoms with Crippen molar-refractivity contribution < 1.29 is 10.0 Å². The molecule has 2 rings (SSSR count). The number of hydroxylamine groups is 1. The molecule has 17 heavy (non-hydrogen) atoms. The molecule has 6 nitrogen and oxygen atoms in total. The van der Waals surface area contributed by atoms with Gasteiger partial charge in [0.25, 0.3) is 11.5 Å². The lowest BCUT2D eigenvalue weighted by molar-refractivity contribution is -0.123. The largest absolute Gasteiger partial charge is 0.313 e. The molecule has 0 aliphatic rings. The average Bonchev–Trinajstić information content (AvgIpc) is 2.37. The number of nitrogens with one attached hydrogen (secondary N) is 2. The minimum absolute atomic E-state index is 0.0673. The Kier molecular flexibility index (Phi) is 2.71. The van der Waals surface area contributed by atoms with Crippen LogP contribution in [0.5, 0.6) is 0 Å². The summed E-state index contributed by atoms with van der Waals surface area (Å²) in [6.45, 7) is 3.53. The average molecular weight is 231 g/mol. The van der Waals surface area contributed by atoms with Gasteiger partial charge in [-0.25, -0.2) is 10.5 Å². The minimum Gasteiger partial charge on any atom is -0.313 e. The smallest absolute Gasteiger partial charge is 0.274 e. The highest BCUT2D eigenvalue weighted by molar-refractivity contribution is 6.18. The van der Waals surface area contributed by atoms with E-state index in [1.807, 2.05) is 0 Å². The molecule has 1 aromatic heterocycles. The number of H-pyrrole nitrogens is 1. The van der Waals surface area contributed by atoms with E-state index in [4.69, 9.17) is 5.21 Å². The molecule has 0 bridgehead atoms. The first-order valence-corrected chi connectivity index (χ1v) is 4.74. The minimum atomic E-state index is -0.718. The lowest BCUT2D eigenvalue weighted by Gasteiger charge is -2.04. The molecule has 6 heteroatoms. The van der Waals surface area contributed by atoms with Gasteiger partial charge in [-0.05, 0) is 17.7 Å². The molecular weight excluding hydrogens is 222 g/mol. The summed E-state index contributed by atoms with van der Waals surface area (Å²) in [5, 5.41) is 8.85. The Morgan fingerprint density at radius 2 is 2.24 bits per heavy atom. The van der Waals surface area contributed by atoms with Crippen LogP contribution in [-0.4, -0.2) is 21.1 Å². The topological polar surface area (TPSA) is 95.1 Å². The fourth-order valence-electron chi connectivity index (χ4n) is 1.45. The summed E-state index contributed by atoms with van der Waals surface area (Å²) in [5.74, 6) is -0.718. The van der Waals surface area contributed by atoms with Crippen molar-refractivity contribution in [1.82, 2.24) is 15.4 Å². The zero-order valence-electron chi connectivity index (χ0n) is 8.73. The van der Waals surface area contributed by atoms with Gasteiger partial charge in [0.1, 0.15) is 0 Å². The highest BCUT2D eigenvalue weighted by Crippen LogP contribution is 2.16. The second-order valence-electron chi connectivity index (χ2n) is 3.38. The molecule has 1 heterocycles. The number of rotatable bonds is 2. The number of hydrogen-bond donors (Lipinski definition) is 3. The van der Waals surface area contributed by atoms with Crippen LogP contribution in [0.2, 0.25) is 0 Å². The van der Waals surface area contributed by atoms with Crippen molar-refractivity contribution in [2.75, 3.05) is 0 Å². The summed E-state index contributed by atoms with van der Waals surface area (Å²) in [7, 11) is 0. The van der Waals surface area contributed by atoms with Crippen LogP contribution in [0.3, 0.4) is 0 Å². The van der Waals surface area contributed by atoms with E-state index in [-0.39, 0.29) is 11.1 Å². The first-order chi connectivity index (χ1) is 8.13. The van der Waals surface area contributed by atoms with Gasteiger partial charge < -0.3 is 4.98 Å². The van der Waals surface area contributed by atoms with Gasteiger partial charge >= 0.3 is 0 Å². The summed E-state index contributed by atoms with van der Waals surface area (Å²) in [5.41, 5.74) is 2.23. The van der Waals surface area contributed by atoms with Crippen LogP contribution in [-0.2, 0) is 4.79 Å². The van der Waals surface area contributed by atoms with Crippen molar-refractivity contribution in [3.8, 4) is 0 Å². The van der Waals surface area contributed by atoms with Gasteiger partial charge in [0.2, 0.25) is 0 Å². The van der Waals surface area contributed by atoms with Crippen molar-refractivity contribution in [2.24, 2.45) is 0 Å². The third kappa shape index (κ3) is 1.93. The van der Waals surface area contributed by atoms with Gasteiger partial charge in [0.15, 0.2) is 0 Å². The van der Waals surface area contributed by atoms with Gasteiger partial charge in [-0.15, -0.1) is 0 Å². The van der Waals surface area contributed by atoms with E-state index in [0.717, 1.165) is 0 Å². The molecule has 3 N–H and O–H groups in total. The molecule has 0 saturated heterocycles. The fraction of sp³-hybridized carbons (Fsp3) is 0. The molecule has 0 spiro atoms. The maximum Gasteiger partial charge on any atom is 0.274 e. The van der Waals surface area contributed by atoms with Crippen LogP contribution in [0.25, 0.3) is 16.5 Å². The van der Waals surface area contributed by atoms with Crippen molar-refractivity contribution in [3.05, 3.63) is 47.0 Å². The summed E-state index contributed by atoms with van der Waals surface area (Å²) >= 11 is 0. The molecule has 0 aliphatic heterocycles. The number of fused-ring (bicyclic) bond motifs is 1. The van der Waals surface area contributed by atoms with Crippen LogP contribution < -0.4 is 11.0 Å². The van der Waals surface area contributed by atoms with Crippen LogP contribution >= 0.6 is 0 Å². The quantitative estimate of drug-likeness (QED) is 0.397. The highest BCUT2D eigenvalue weighted by Gasteiger charge is 2.09. The van der Waals surface area contributed by atoms with Crippen molar-refractivity contribution in [1.29, 1.82) is 0 Å². The Morgan fingerprint density at radius 1 is 1.47 bits per heavy atom. The lowest BCUT2D eigenvalue weighted by atomic mass is 10.1. The van der Waals surface area contributed by atoms with E-state index in [9.17, 15) is 9.59 Å². The molecule has 2 aromatic rings. The summed E-state index contributed by atoms with van der Waals surface area (Å²) in [6, 6.07) is 4.71. The first kappa shape index (κ1) is 11.0. The number of amides is 1. The molecule has 1 aromatic carbocycles. The van der Waals surface area contributed by atoms with Crippen molar-refractivity contribution >= 4 is 22.4 Å². The molecule has 0 saturated carbocycles. The molecule has 0 aliphatic carbocycles. The summed E-state index contributed by atoms with van der Waals surface area (Å²) in [4.78, 5) is 29.1. The Bertz CT molecular complexity index is 660. The van der Waals surface area contributed by atoms with Gasteiger partial charge in [0, 0.05) is 5.57 Å². The molecule has 0 unspecified atom stereocenters. The number of aromatic nitrogens is 2. The number of nitrogens with zero attached hydrogens (tertiary/aromatic N) is 1. The number of aromatic amines is 1. The van der Waals surface area contributed by atoms with Crippen LogP contribution in [0, 0.1) is 0 Å². The number of carbonyl (C=O) groups excluding carboxylic acids is 1. The van der Waals surface area contributed by atoms with Crippen LogP contribution in [0.1, 0.15) is 5.56 Å². The molecule has 1 amide bonds. The highest BCUT2D eigenvalue weighted by atomic mass is 16.5. The maximum absolute atomic E-state index is 11.5. The van der Waals surface area contributed by atoms with Gasteiger partial charge in [-0.2, -0.15) is 0 Å². The molecule has 0 radical (unpaired) electrons. The van der Waals surface area contributed by atoms with E-state index >= 15 is 0 Å². The van der Waals surface area contributed by atoms with Gasteiger partial charge in [-0.1, -0.05) is 12.6 Å². The van der Waals surface area contributed by atoms with E-state index in [1.165, 1.54) is 17.9 Å². The Morgan fingerprint density at radius 3 is 2.94 bits per heavy atom. The van der Waals surface area contributed by atoms with Crippen LogP contribution in [0.4, 0.5) is 0 Å². The first-order valence-electron chi connectivity index (χ1n) is 4.74. The molecule has 0 atom stereocenters. The second-order valence-corrected chi connectivity index (χ2v) is 3.38. The SMILES string of the molecule is C=C(C(=O)NO)c1ccc2nc[nH]c(=O)c2c1. The maximum atomic E-state index is 11.5. The van der Waals surface area contributed by atoms with Gasteiger partial charge in [0.05, 0.1) is 17.2 Å². The number of benzene rings is 1. The molecule has 86 valence electrons. The predicted octanol–water partition coefficient (Wildman–Crippen LogP) is 0.442. The molecule has 0 fully saturated rings. The third-order valence-electron chi connectivity index (χ3n) is 2.36. The predicted molar refractivity (Wildman–Crippen MR) is 61.3 cm³/mol. The monoisotopic (exact) mass is 231 g/mol. The second kappa shape index (κ2) is 4.18. The summed E-state index contributed by atoms with van der Waals surface area (Å²) < 4.78 is 0. The van der Waals surface area contributed by atoms with Crippen LogP contribution in [0.15, 0.2) is 35.9 Å². The van der Waals surface area contributed by atoms with Crippen molar-refractivity contribution in [3.63, 3.8) is 0 Å². The Balaban J connectivity index is 2.59. The summed E-state index contributed by atoms with van der Waals surface area (Å²) in [6.07, 6.45) is 1.31. The Labute approximate surface area is 95.6 Å². The fourth-order valence-corrected chi connectivity index (χ4v) is 1.45. The lowest BCUT2D eigenvalue weighted by Crippen LogP contribution is -2.19. The van der Waals surface area contributed by atoms with E-state index in [1.54, 1.807) is 12.1 Å². The third-order valence-corrected chi connectivity index (χ3v) is 2.36. The van der Waals surface area contributed by atoms with Gasteiger partial charge in [-0.3, -0.25) is 14.8 Å². The zero-order valence-corrected chi connectivity index (χ0v) is 8.73.